The zero-order chi connectivity index (χ0) is 16.8. The van der Waals surface area contributed by atoms with Crippen molar-refractivity contribution in [1.82, 2.24) is 10.2 Å². The number of hydrogen-bond acceptors (Lipinski definition) is 2. The number of hydrogen-bond donors (Lipinski definition) is 1. The van der Waals surface area contributed by atoms with Gasteiger partial charge in [0.2, 0.25) is 5.91 Å². The van der Waals surface area contributed by atoms with Gasteiger partial charge in [-0.2, -0.15) is 0 Å². The molecule has 0 fully saturated rings. The number of fused-ring (bicyclic) bond motifs is 2. The third-order valence-electron chi connectivity index (χ3n) is 4.99. The Labute approximate surface area is 151 Å². The van der Waals surface area contributed by atoms with Crippen molar-refractivity contribution in [2.75, 3.05) is 13.6 Å². The summed E-state index contributed by atoms with van der Waals surface area (Å²) in [5.41, 5.74) is 5.90. The molecule has 0 saturated carbocycles. The molecule has 124 valence electrons. The van der Waals surface area contributed by atoms with Crippen molar-refractivity contribution in [2.24, 2.45) is 0 Å². The maximum Gasteiger partial charge on any atom is 0.224 e. The minimum Gasteiger partial charge on any atom is -0.352 e. The van der Waals surface area contributed by atoms with E-state index in [1.807, 2.05) is 12.1 Å². The molecule has 1 atom stereocenters. The molecule has 0 aliphatic carbocycles. The molecule has 0 saturated heterocycles. The van der Waals surface area contributed by atoms with Gasteiger partial charge in [0.15, 0.2) is 0 Å². The van der Waals surface area contributed by atoms with Crippen molar-refractivity contribution in [1.29, 1.82) is 0 Å². The molecule has 0 aromatic heterocycles. The molecule has 0 bridgehead atoms. The van der Waals surface area contributed by atoms with E-state index in [4.69, 9.17) is 23.2 Å². The predicted octanol–water partition coefficient (Wildman–Crippen LogP) is 3.74. The highest BCUT2D eigenvalue weighted by Gasteiger charge is 2.30. The molecule has 4 rings (SSSR count). The summed E-state index contributed by atoms with van der Waals surface area (Å²) in [6.45, 7) is 2.31. The van der Waals surface area contributed by atoms with Crippen molar-refractivity contribution >= 4 is 29.1 Å². The van der Waals surface area contributed by atoms with Crippen molar-refractivity contribution in [3.8, 4) is 0 Å². The van der Waals surface area contributed by atoms with Crippen LogP contribution in [0, 0.1) is 0 Å². The van der Waals surface area contributed by atoms with E-state index in [2.05, 4.69) is 35.5 Å². The van der Waals surface area contributed by atoms with Gasteiger partial charge in [-0.15, -0.1) is 0 Å². The predicted molar refractivity (Wildman–Crippen MR) is 96.6 cm³/mol. The molecule has 2 aromatic carbocycles. The molecular weight excluding hydrogens is 343 g/mol. The molecule has 2 aliphatic rings. The fraction of sp³-hybridized carbons (Fsp3) is 0.316. The van der Waals surface area contributed by atoms with Gasteiger partial charge < -0.3 is 10.2 Å². The Balaban J connectivity index is 1.89. The number of likely N-dealkylation sites (N-methyl/N-ethyl adjacent to an activating group) is 1. The number of halogens is 2. The molecule has 2 aliphatic heterocycles. The first-order valence-corrected chi connectivity index (χ1v) is 8.82. The molecule has 2 aromatic rings. The quantitative estimate of drug-likeness (QED) is 0.839. The fourth-order valence-electron chi connectivity index (χ4n) is 3.89. The summed E-state index contributed by atoms with van der Waals surface area (Å²) < 4.78 is 0. The minimum atomic E-state index is 0.0865. The lowest BCUT2D eigenvalue weighted by Crippen LogP contribution is -2.34. The Morgan fingerprint density at radius 3 is 2.83 bits per heavy atom. The largest absolute Gasteiger partial charge is 0.352 e. The second-order valence-electron chi connectivity index (χ2n) is 6.64. The first-order chi connectivity index (χ1) is 11.5. The highest BCUT2D eigenvalue weighted by atomic mass is 35.5. The van der Waals surface area contributed by atoms with Crippen LogP contribution in [0.1, 0.15) is 33.7 Å². The van der Waals surface area contributed by atoms with Crippen LogP contribution in [0.5, 0.6) is 0 Å². The molecule has 1 N–H and O–H groups in total. The Hall–Kier alpha value is -1.55. The Bertz CT molecular complexity index is 834. The molecule has 1 amide bonds. The van der Waals surface area contributed by atoms with Gasteiger partial charge in [0.1, 0.15) is 0 Å². The van der Waals surface area contributed by atoms with E-state index in [1.165, 1.54) is 16.7 Å². The molecular formula is C19H18Cl2N2O. The third kappa shape index (κ3) is 2.71. The fourth-order valence-corrected chi connectivity index (χ4v) is 4.46. The lowest BCUT2D eigenvalue weighted by atomic mass is 9.80. The van der Waals surface area contributed by atoms with E-state index in [9.17, 15) is 4.79 Å². The summed E-state index contributed by atoms with van der Waals surface area (Å²) in [5.74, 6) is 0.263. The number of amides is 1. The molecule has 0 spiro atoms. The van der Waals surface area contributed by atoms with Gasteiger partial charge in [-0.3, -0.25) is 4.79 Å². The maximum atomic E-state index is 11.9. The van der Waals surface area contributed by atoms with Gasteiger partial charge in [-0.1, -0.05) is 41.4 Å². The molecule has 0 radical (unpaired) electrons. The lowest BCUT2D eigenvalue weighted by Gasteiger charge is -2.35. The van der Waals surface area contributed by atoms with E-state index in [0.717, 1.165) is 29.2 Å². The van der Waals surface area contributed by atoms with Crippen molar-refractivity contribution in [3.63, 3.8) is 0 Å². The molecule has 1 unspecified atom stereocenters. The molecule has 3 nitrogen and oxygen atoms in total. The zero-order valence-electron chi connectivity index (χ0n) is 13.4. The second kappa shape index (κ2) is 6.07. The average Bonchev–Trinajstić information content (AvgIpc) is 2.54. The smallest absolute Gasteiger partial charge is 0.224 e. The Kier molecular flexibility index (Phi) is 4.03. The van der Waals surface area contributed by atoms with Gasteiger partial charge in [-0.05, 0) is 47.0 Å². The van der Waals surface area contributed by atoms with Crippen LogP contribution in [0.4, 0.5) is 0 Å². The zero-order valence-corrected chi connectivity index (χ0v) is 14.9. The molecule has 5 heteroatoms. The number of rotatable bonds is 1. The standard InChI is InChI=1S/C19H18Cl2N2O/c1-23-9-16(15-5-12(20)6-18(21)17(15)10-23)13-4-2-3-11-8-22-19(24)7-14(11)13/h2-6,16H,7-10H2,1H3,(H,22,24). The van der Waals surface area contributed by atoms with Gasteiger partial charge in [0.25, 0.3) is 0 Å². The highest BCUT2D eigenvalue weighted by molar-refractivity contribution is 6.35. The van der Waals surface area contributed by atoms with Crippen LogP contribution in [0.3, 0.4) is 0 Å². The minimum absolute atomic E-state index is 0.0865. The number of carbonyl (C=O) groups excluding carboxylic acids is 1. The monoisotopic (exact) mass is 360 g/mol. The summed E-state index contributed by atoms with van der Waals surface area (Å²) in [6, 6.07) is 10.2. The van der Waals surface area contributed by atoms with Crippen LogP contribution in [0.2, 0.25) is 10.0 Å². The van der Waals surface area contributed by atoms with E-state index in [0.29, 0.717) is 18.0 Å². The second-order valence-corrected chi connectivity index (χ2v) is 7.49. The van der Waals surface area contributed by atoms with Crippen LogP contribution in [0.15, 0.2) is 30.3 Å². The van der Waals surface area contributed by atoms with Crippen molar-refractivity contribution in [2.45, 2.75) is 25.4 Å². The van der Waals surface area contributed by atoms with Gasteiger partial charge in [-0.25, -0.2) is 0 Å². The number of benzene rings is 2. The summed E-state index contributed by atoms with van der Waals surface area (Å²) in [7, 11) is 2.10. The van der Waals surface area contributed by atoms with Crippen molar-refractivity contribution < 1.29 is 4.79 Å². The first-order valence-electron chi connectivity index (χ1n) is 8.06. The van der Waals surface area contributed by atoms with E-state index < -0.39 is 0 Å². The van der Waals surface area contributed by atoms with Gasteiger partial charge in [0.05, 0.1) is 6.42 Å². The van der Waals surface area contributed by atoms with E-state index >= 15 is 0 Å². The summed E-state index contributed by atoms with van der Waals surface area (Å²) in [4.78, 5) is 14.2. The van der Waals surface area contributed by atoms with Crippen LogP contribution in [-0.2, 0) is 24.3 Å². The number of nitrogens with one attached hydrogen (secondary N) is 1. The molecule has 24 heavy (non-hydrogen) atoms. The normalized spacial score (nSPS) is 20.3. The Morgan fingerprint density at radius 2 is 2.00 bits per heavy atom. The van der Waals surface area contributed by atoms with E-state index in [-0.39, 0.29) is 11.8 Å². The third-order valence-corrected chi connectivity index (χ3v) is 5.55. The van der Waals surface area contributed by atoms with Crippen molar-refractivity contribution in [3.05, 3.63) is 68.2 Å². The lowest BCUT2D eigenvalue weighted by molar-refractivity contribution is -0.121. The van der Waals surface area contributed by atoms with Crippen LogP contribution >= 0.6 is 23.2 Å². The first kappa shape index (κ1) is 15.9. The SMILES string of the molecule is CN1Cc2c(Cl)cc(Cl)cc2C(c2cccc3c2CC(=O)NC3)C1. The van der Waals surface area contributed by atoms with E-state index in [1.54, 1.807) is 0 Å². The van der Waals surface area contributed by atoms with Crippen LogP contribution in [-0.4, -0.2) is 24.4 Å². The highest BCUT2D eigenvalue weighted by Crippen LogP contribution is 2.40. The molecule has 2 heterocycles. The summed E-state index contributed by atoms with van der Waals surface area (Å²) in [6.07, 6.45) is 0.440. The Morgan fingerprint density at radius 1 is 1.17 bits per heavy atom. The number of nitrogens with zero attached hydrogens (tertiary/aromatic N) is 1. The van der Waals surface area contributed by atoms with Crippen LogP contribution < -0.4 is 5.32 Å². The average molecular weight is 361 g/mol. The summed E-state index contributed by atoms with van der Waals surface area (Å²) >= 11 is 12.7. The number of carbonyl (C=O) groups is 1. The summed E-state index contributed by atoms with van der Waals surface area (Å²) in [5, 5.41) is 4.30. The van der Waals surface area contributed by atoms with Gasteiger partial charge >= 0.3 is 0 Å². The van der Waals surface area contributed by atoms with Gasteiger partial charge in [0, 0.05) is 35.6 Å². The van der Waals surface area contributed by atoms with Crippen LogP contribution in [0.25, 0.3) is 0 Å². The maximum absolute atomic E-state index is 11.9. The topological polar surface area (TPSA) is 32.3 Å².